The van der Waals surface area contributed by atoms with Gasteiger partial charge in [-0.05, 0) is 28.3 Å². The molecule has 0 radical (unpaired) electrons. The van der Waals surface area contributed by atoms with Crippen LogP contribution in [0.5, 0.6) is 0 Å². The van der Waals surface area contributed by atoms with Crippen LogP contribution in [0, 0.1) is 0 Å². The summed E-state index contributed by atoms with van der Waals surface area (Å²) in [5, 5.41) is 2.53. The van der Waals surface area contributed by atoms with Gasteiger partial charge in [0.25, 0.3) is 0 Å². The van der Waals surface area contributed by atoms with E-state index >= 15 is 0 Å². The first-order chi connectivity index (χ1) is 16.5. The van der Waals surface area contributed by atoms with E-state index in [0.29, 0.717) is 11.8 Å². The van der Waals surface area contributed by atoms with Gasteiger partial charge in [-0.15, -0.1) is 0 Å². The smallest absolute Gasteiger partial charge is 0.0974 e. The fourth-order valence-corrected chi connectivity index (χ4v) is 5.14. The van der Waals surface area contributed by atoms with E-state index < -0.39 is 0 Å². The molecule has 4 nitrogen and oxygen atoms in total. The van der Waals surface area contributed by atoms with Crippen LogP contribution < -0.4 is 0 Å². The van der Waals surface area contributed by atoms with Crippen molar-refractivity contribution in [1.82, 2.24) is 4.90 Å². The van der Waals surface area contributed by atoms with E-state index in [0.717, 1.165) is 56.5 Å². The normalized spacial score (nSPS) is 18.8. The third-order valence-corrected chi connectivity index (χ3v) is 7.00. The summed E-state index contributed by atoms with van der Waals surface area (Å²) in [5.41, 5.74) is 8.18. The molecule has 0 atom stereocenters. The van der Waals surface area contributed by atoms with Crippen LogP contribution in [0.1, 0.15) is 61.8 Å². The van der Waals surface area contributed by atoms with E-state index in [4.69, 9.17) is 14.7 Å². The van der Waals surface area contributed by atoms with Crippen LogP contribution in [0.15, 0.2) is 64.6 Å². The second-order valence-corrected chi connectivity index (χ2v) is 9.95. The van der Waals surface area contributed by atoms with E-state index in [-0.39, 0.29) is 0 Å². The van der Waals surface area contributed by atoms with Crippen LogP contribution in [0.3, 0.4) is 0 Å². The zero-order chi connectivity index (χ0) is 23.7. The molecule has 1 aliphatic heterocycles. The number of nitrogens with zero attached hydrogens (tertiary/aromatic N) is 3. The van der Waals surface area contributed by atoms with E-state index in [1.807, 2.05) is 0 Å². The Bertz CT molecular complexity index is 1220. The molecule has 1 aliphatic carbocycles. The highest BCUT2D eigenvalue weighted by Gasteiger charge is 2.28. The van der Waals surface area contributed by atoms with Gasteiger partial charge in [-0.2, -0.15) is 0 Å². The molecule has 34 heavy (non-hydrogen) atoms. The Morgan fingerprint density at radius 1 is 0.794 bits per heavy atom. The molecule has 5 rings (SSSR count). The van der Waals surface area contributed by atoms with E-state index in [1.165, 1.54) is 33.0 Å². The quantitative estimate of drug-likeness (QED) is 0.437. The minimum Gasteiger partial charge on any atom is -0.379 e. The van der Waals surface area contributed by atoms with Crippen molar-refractivity contribution < 1.29 is 4.74 Å². The maximum absolute atomic E-state index is 5.51. The third-order valence-electron chi connectivity index (χ3n) is 7.00. The fourth-order valence-electron chi connectivity index (χ4n) is 5.14. The summed E-state index contributed by atoms with van der Waals surface area (Å²) in [5.74, 6) is 0.804. The lowest BCUT2D eigenvalue weighted by molar-refractivity contribution is 0.0394. The SMILES string of the molecule is CC(C)c1cccc(C(C)C)c1N=C1C(=NCCN2CCOCC2)c2cccc3cccc1c23. The van der Waals surface area contributed by atoms with Gasteiger partial charge in [-0.25, -0.2) is 4.99 Å². The molecule has 0 bridgehead atoms. The summed E-state index contributed by atoms with van der Waals surface area (Å²) in [4.78, 5) is 13.1. The van der Waals surface area contributed by atoms with Gasteiger partial charge >= 0.3 is 0 Å². The molecule has 3 aromatic rings. The van der Waals surface area contributed by atoms with Crippen molar-refractivity contribution >= 4 is 27.9 Å². The number of rotatable bonds is 6. The van der Waals surface area contributed by atoms with Gasteiger partial charge in [-0.3, -0.25) is 9.89 Å². The van der Waals surface area contributed by atoms with Gasteiger partial charge in [0.05, 0.1) is 36.9 Å². The molecule has 0 aromatic heterocycles. The van der Waals surface area contributed by atoms with Crippen LogP contribution in [0.2, 0.25) is 0 Å². The van der Waals surface area contributed by atoms with Crippen molar-refractivity contribution in [2.24, 2.45) is 9.98 Å². The second-order valence-electron chi connectivity index (χ2n) is 9.95. The lowest BCUT2D eigenvalue weighted by Crippen LogP contribution is -2.37. The molecule has 1 saturated heterocycles. The number of ether oxygens (including phenoxy) is 1. The number of para-hydroxylation sites is 1. The number of hydrogen-bond donors (Lipinski definition) is 0. The standard InChI is InChI=1S/C30H35N3O/c1-20(2)23-10-7-11-24(21(3)4)28(23)32-30-26-13-6-9-22-8-5-12-25(27(22)26)29(30)31-14-15-33-16-18-34-19-17-33/h5-13,20-21H,14-19H2,1-4H3. The van der Waals surface area contributed by atoms with Gasteiger partial charge in [0.1, 0.15) is 0 Å². The fraction of sp³-hybridized carbons (Fsp3) is 0.400. The Balaban J connectivity index is 1.64. The number of hydrogen-bond acceptors (Lipinski definition) is 4. The lowest BCUT2D eigenvalue weighted by Gasteiger charge is -2.25. The highest BCUT2D eigenvalue weighted by molar-refractivity contribution is 6.61. The predicted octanol–water partition coefficient (Wildman–Crippen LogP) is 6.34. The molecule has 0 saturated carbocycles. The predicted molar refractivity (Wildman–Crippen MR) is 143 cm³/mol. The molecule has 176 valence electrons. The van der Waals surface area contributed by atoms with Gasteiger partial charge in [0.2, 0.25) is 0 Å². The maximum atomic E-state index is 5.51. The molecule has 3 aromatic carbocycles. The minimum absolute atomic E-state index is 0.402. The first-order valence-corrected chi connectivity index (χ1v) is 12.6. The van der Waals surface area contributed by atoms with E-state index in [9.17, 15) is 0 Å². The molecule has 0 amide bonds. The van der Waals surface area contributed by atoms with Crippen molar-refractivity contribution in [1.29, 1.82) is 0 Å². The zero-order valence-corrected chi connectivity index (χ0v) is 20.8. The Kier molecular flexibility index (Phi) is 6.62. The Hall–Kier alpha value is -2.82. The Labute approximate surface area is 203 Å². The molecular weight excluding hydrogens is 418 g/mol. The maximum Gasteiger partial charge on any atom is 0.0974 e. The summed E-state index contributed by atoms with van der Waals surface area (Å²) < 4.78 is 5.51. The zero-order valence-electron chi connectivity index (χ0n) is 20.8. The molecule has 0 unspecified atom stereocenters. The number of benzene rings is 3. The number of aliphatic imine (C=N–C) groups is 2. The van der Waals surface area contributed by atoms with Crippen LogP contribution >= 0.6 is 0 Å². The average molecular weight is 454 g/mol. The van der Waals surface area contributed by atoms with Gasteiger partial charge in [-0.1, -0.05) is 82.3 Å². The summed E-state index contributed by atoms with van der Waals surface area (Å²) in [6.07, 6.45) is 0. The highest BCUT2D eigenvalue weighted by Crippen LogP contribution is 2.38. The van der Waals surface area contributed by atoms with Crippen LogP contribution in [-0.2, 0) is 4.74 Å². The van der Waals surface area contributed by atoms with Crippen molar-refractivity contribution in [2.75, 3.05) is 39.4 Å². The summed E-state index contributed by atoms with van der Waals surface area (Å²) >= 11 is 0. The average Bonchev–Trinajstić information content (AvgIpc) is 3.14. The lowest BCUT2D eigenvalue weighted by atomic mass is 9.92. The van der Waals surface area contributed by atoms with Crippen molar-refractivity contribution in [3.8, 4) is 0 Å². The van der Waals surface area contributed by atoms with Gasteiger partial charge in [0.15, 0.2) is 0 Å². The van der Waals surface area contributed by atoms with Crippen LogP contribution in [0.4, 0.5) is 5.69 Å². The topological polar surface area (TPSA) is 37.2 Å². The van der Waals surface area contributed by atoms with Crippen LogP contribution in [-0.4, -0.2) is 55.7 Å². The molecule has 0 N–H and O–H groups in total. The monoisotopic (exact) mass is 453 g/mol. The van der Waals surface area contributed by atoms with Crippen molar-refractivity contribution in [3.63, 3.8) is 0 Å². The van der Waals surface area contributed by atoms with E-state index in [2.05, 4.69) is 87.2 Å². The molecule has 1 heterocycles. The Morgan fingerprint density at radius 2 is 1.38 bits per heavy atom. The summed E-state index contributed by atoms with van der Waals surface area (Å²) in [6, 6.07) is 19.7. The Morgan fingerprint density at radius 3 is 2.00 bits per heavy atom. The summed E-state index contributed by atoms with van der Waals surface area (Å²) in [7, 11) is 0. The molecule has 2 aliphatic rings. The second kappa shape index (κ2) is 9.81. The molecule has 1 fully saturated rings. The largest absolute Gasteiger partial charge is 0.379 e. The first-order valence-electron chi connectivity index (χ1n) is 12.6. The first kappa shape index (κ1) is 22.9. The summed E-state index contributed by atoms with van der Waals surface area (Å²) in [6.45, 7) is 14.3. The minimum atomic E-state index is 0.402. The van der Waals surface area contributed by atoms with E-state index in [1.54, 1.807) is 0 Å². The van der Waals surface area contributed by atoms with Crippen LogP contribution in [0.25, 0.3) is 10.8 Å². The molecule has 0 spiro atoms. The van der Waals surface area contributed by atoms with Crippen molar-refractivity contribution in [2.45, 2.75) is 39.5 Å². The number of morpholine rings is 1. The molecular formula is C30H35N3O. The highest BCUT2D eigenvalue weighted by atomic mass is 16.5. The third kappa shape index (κ3) is 4.33. The molecule has 4 heteroatoms. The van der Waals surface area contributed by atoms with Gasteiger partial charge in [0, 0.05) is 36.1 Å². The van der Waals surface area contributed by atoms with Gasteiger partial charge < -0.3 is 4.74 Å². The van der Waals surface area contributed by atoms with Crippen molar-refractivity contribution in [3.05, 3.63) is 76.9 Å².